The van der Waals surface area contributed by atoms with Gasteiger partial charge in [-0.15, -0.1) is 0 Å². The number of nitrogens with zero attached hydrogens (tertiary/aromatic N) is 3. The quantitative estimate of drug-likeness (QED) is 0.182. The maximum absolute atomic E-state index is 13.7. The van der Waals surface area contributed by atoms with Gasteiger partial charge in [-0.25, -0.2) is 17.9 Å². The van der Waals surface area contributed by atoms with Crippen LogP contribution in [0.3, 0.4) is 0 Å². The van der Waals surface area contributed by atoms with Gasteiger partial charge in [0.2, 0.25) is 15.9 Å². The van der Waals surface area contributed by atoms with Crippen molar-refractivity contribution < 1.29 is 18.0 Å². The van der Waals surface area contributed by atoms with Crippen LogP contribution in [0.4, 0.5) is 22.0 Å². The van der Waals surface area contributed by atoms with Crippen molar-refractivity contribution in [2.45, 2.75) is 89.1 Å². The smallest absolute Gasteiger partial charge is 0.324 e. The summed E-state index contributed by atoms with van der Waals surface area (Å²) in [6.45, 7) is 9.72. The third-order valence-electron chi connectivity index (χ3n) is 9.22. The summed E-state index contributed by atoms with van der Waals surface area (Å²) >= 11 is 0. The molecule has 2 aliphatic heterocycles. The molecule has 11 heteroatoms. The Balaban J connectivity index is 1.10. The summed E-state index contributed by atoms with van der Waals surface area (Å²) in [5, 5.41) is 13.5. The van der Waals surface area contributed by atoms with Crippen LogP contribution in [-0.4, -0.2) is 46.5 Å². The Morgan fingerprint density at radius 2 is 1.52 bits per heavy atom. The second-order valence-corrected chi connectivity index (χ2v) is 16.0. The van der Waals surface area contributed by atoms with Crippen LogP contribution in [0.15, 0.2) is 83.8 Å². The van der Waals surface area contributed by atoms with Gasteiger partial charge in [-0.2, -0.15) is 9.40 Å². The van der Waals surface area contributed by atoms with Crippen molar-refractivity contribution in [3.8, 4) is 5.69 Å². The van der Waals surface area contributed by atoms with Gasteiger partial charge in [0.1, 0.15) is 5.82 Å². The van der Waals surface area contributed by atoms with E-state index in [0.29, 0.717) is 23.1 Å². The molecule has 3 N–H and O–H groups in total. The van der Waals surface area contributed by atoms with E-state index in [0.717, 1.165) is 54.6 Å². The van der Waals surface area contributed by atoms with Crippen molar-refractivity contribution in [1.29, 1.82) is 0 Å². The fourth-order valence-electron chi connectivity index (χ4n) is 6.95. The number of carbonyl (C=O) groups is 2. The molecule has 2 unspecified atom stereocenters. The lowest BCUT2D eigenvalue weighted by molar-refractivity contribution is -0.114. The van der Waals surface area contributed by atoms with Gasteiger partial charge in [0, 0.05) is 41.9 Å². The summed E-state index contributed by atoms with van der Waals surface area (Å²) in [5.74, 6) is 0.713. The van der Waals surface area contributed by atoms with Crippen LogP contribution >= 0.6 is 0 Å². The third kappa shape index (κ3) is 7.32. The summed E-state index contributed by atoms with van der Waals surface area (Å²) in [4.78, 5) is 24.9. The minimum atomic E-state index is -3.66. The monoisotopic (exact) mass is 668 g/mol. The maximum Gasteiger partial charge on any atom is 0.324 e. The number of anilines is 3. The molecule has 3 aromatic carbocycles. The summed E-state index contributed by atoms with van der Waals surface area (Å²) in [6.07, 6.45) is 4.08. The Kier molecular flexibility index (Phi) is 9.19. The minimum Gasteiger partial charge on any atom is -0.326 e. The molecule has 252 valence electrons. The second kappa shape index (κ2) is 13.2. The molecule has 4 aromatic rings. The van der Waals surface area contributed by atoms with E-state index >= 15 is 0 Å². The summed E-state index contributed by atoms with van der Waals surface area (Å²) in [5.41, 5.74) is 5.03. The van der Waals surface area contributed by atoms with Crippen LogP contribution in [0, 0.1) is 12.8 Å². The van der Waals surface area contributed by atoms with E-state index < -0.39 is 10.0 Å². The Hall–Kier alpha value is -4.48. The van der Waals surface area contributed by atoms with Gasteiger partial charge < -0.3 is 10.6 Å². The van der Waals surface area contributed by atoms with E-state index in [-0.39, 0.29) is 34.3 Å². The average molecular weight is 669 g/mol. The van der Waals surface area contributed by atoms with Crippen molar-refractivity contribution in [1.82, 2.24) is 14.1 Å². The number of carbonyl (C=O) groups excluding carboxylic acids is 2. The van der Waals surface area contributed by atoms with E-state index in [4.69, 9.17) is 5.10 Å². The van der Waals surface area contributed by atoms with Crippen molar-refractivity contribution >= 4 is 39.2 Å². The number of fused-ring (bicyclic) bond motifs is 2. The zero-order chi connectivity index (χ0) is 34.2. The van der Waals surface area contributed by atoms with Gasteiger partial charge in [0.15, 0.2) is 0 Å². The molecule has 0 saturated carbocycles. The van der Waals surface area contributed by atoms with E-state index in [1.54, 1.807) is 33.3 Å². The van der Waals surface area contributed by atoms with Crippen molar-refractivity contribution in [2.24, 2.45) is 5.92 Å². The van der Waals surface area contributed by atoms with E-state index in [2.05, 4.69) is 42.8 Å². The lowest BCUT2D eigenvalue weighted by Crippen LogP contribution is -2.46. The fraction of sp³-hybridized carbons (Fsp3) is 0.378. The first-order chi connectivity index (χ1) is 22.8. The maximum atomic E-state index is 13.7. The zero-order valence-electron chi connectivity index (χ0n) is 28.2. The van der Waals surface area contributed by atoms with Crippen LogP contribution in [-0.2, 0) is 26.7 Å². The van der Waals surface area contributed by atoms with Gasteiger partial charge in [-0.05, 0) is 99.0 Å². The predicted octanol–water partition coefficient (Wildman–Crippen LogP) is 7.26. The lowest BCUT2D eigenvalue weighted by atomic mass is 9.87. The normalized spacial score (nSPS) is 19.6. The second-order valence-electron chi connectivity index (χ2n) is 14.2. The number of sulfonamides is 1. The average Bonchev–Trinajstić information content (AvgIpc) is 3.57. The number of benzene rings is 3. The molecule has 2 fully saturated rings. The zero-order valence-corrected chi connectivity index (χ0v) is 29.0. The highest BCUT2D eigenvalue weighted by Crippen LogP contribution is 2.43. The van der Waals surface area contributed by atoms with Crippen LogP contribution < -0.4 is 16.0 Å². The number of aromatic nitrogens is 2. The Labute approximate surface area is 283 Å². The highest BCUT2D eigenvalue weighted by Gasteiger charge is 2.47. The molecule has 3 amide bonds. The molecule has 2 atom stereocenters. The summed E-state index contributed by atoms with van der Waals surface area (Å²) in [6, 6.07) is 23.8. The molecule has 2 bridgehead atoms. The number of piperidine rings is 1. The van der Waals surface area contributed by atoms with Gasteiger partial charge >= 0.3 is 6.03 Å². The molecular weight excluding hydrogens is 625 g/mol. The molecule has 0 spiro atoms. The molecule has 2 saturated heterocycles. The van der Waals surface area contributed by atoms with E-state index in [1.165, 1.54) is 6.92 Å². The third-order valence-corrected chi connectivity index (χ3v) is 11.2. The first-order valence-corrected chi connectivity index (χ1v) is 18.0. The molecule has 3 heterocycles. The van der Waals surface area contributed by atoms with E-state index in [1.807, 2.05) is 55.5 Å². The predicted molar refractivity (Wildman–Crippen MR) is 189 cm³/mol. The number of urea groups is 1. The van der Waals surface area contributed by atoms with Gasteiger partial charge in [0.25, 0.3) is 0 Å². The fourth-order valence-corrected chi connectivity index (χ4v) is 8.84. The largest absolute Gasteiger partial charge is 0.326 e. The lowest BCUT2D eigenvalue weighted by Gasteiger charge is -2.38. The molecule has 48 heavy (non-hydrogen) atoms. The topological polar surface area (TPSA) is 125 Å². The van der Waals surface area contributed by atoms with E-state index in [9.17, 15) is 18.0 Å². The first-order valence-electron chi connectivity index (χ1n) is 16.5. The first kappa shape index (κ1) is 33.4. The number of nitrogens with one attached hydrogen (secondary N) is 3. The van der Waals surface area contributed by atoms with Crippen LogP contribution in [0.2, 0.25) is 0 Å². The molecule has 1 aromatic heterocycles. The number of hydrogen-bond donors (Lipinski definition) is 3. The molecule has 0 radical (unpaired) electrons. The summed E-state index contributed by atoms with van der Waals surface area (Å²) < 4.78 is 30.8. The highest BCUT2D eigenvalue weighted by atomic mass is 32.2. The van der Waals surface area contributed by atoms with Crippen molar-refractivity contribution in [3.63, 3.8) is 0 Å². The number of amides is 3. The minimum absolute atomic E-state index is 0.0442. The van der Waals surface area contributed by atoms with Gasteiger partial charge in [-0.1, -0.05) is 50.6 Å². The number of rotatable bonds is 8. The highest BCUT2D eigenvalue weighted by molar-refractivity contribution is 7.89. The van der Waals surface area contributed by atoms with Crippen molar-refractivity contribution in [3.05, 3.63) is 95.7 Å². The molecular formula is C37H44N6O4S. The van der Waals surface area contributed by atoms with Crippen LogP contribution in [0.5, 0.6) is 0 Å². The van der Waals surface area contributed by atoms with Gasteiger partial charge in [-0.3, -0.25) is 10.1 Å². The number of hydrogen-bond acceptors (Lipinski definition) is 5. The van der Waals surface area contributed by atoms with Crippen LogP contribution in [0.25, 0.3) is 5.69 Å². The SMILES string of the molecule is CC(=O)Nc1ccc(S(=O)(=O)N2C3CCC2CC(Cc2cccc(NC(=O)Nc4cc(C(C)(C)C)nn4-c4ccc(C)cc4)c2)C3)cc1. The van der Waals surface area contributed by atoms with Crippen molar-refractivity contribution in [2.75, 3.05) is 16.0 Å². The number of aryl methyl sites for hydroxylation is 1. The Morgan fingerprint density at radius 3 is 2.15 bits per heavy atom. The molecule has 2 aliphatic rings. The van der Waals surface area contributed by atoms with Gasteiger partial charge in [0.05, 0.1) is 16.3 Å². The standard InChI is InChI=1S/C37H44N6O4S/c1-24-9-13-30(14-10-24)42-35(23-34(41-42)37(3,4)5)40-36(45)39-29-8-6-7-26(20-29)19-27-21-31-15-16-32(22-27)43(31)48(46,47)33-17-11-28(12-18-33)38-25(2)44/h6-14,17-18,20,23,27,31-32H,15-16,19,21-22H2,1-5H3,(H,38,44)(H2,39,40,45). The molecule has 6 rings (SSSR count). The summed E-state index contributed by atoms with van der Waals surface area (Å²) in [7, 11) is -3.66. The molecule has 10 nitrogen and oxygen atoms in total. The molecule has 0 aliphatic carbocycles. The Bertz CT molecular complexity index is 1900. The van der Waals surface area contributed by atoms with Crippen LogP contribution in [0.1, 0.15) is 70.2 Å². The Morgan fingerprint density at radius 1 is 0.854 bits per heavy atom.